The molecule has 0 amide bonds. The number of ether oxygens (including phenoxy) is 2. The van der Waals surface area contributed by atoms with E-state index in [1.165, 1.54) is 11.8 Å². The number of hydrogen-bond donors (Lipinski definition) is 1. The van der Waals surface area contributed by atoms with E-state index in [1.54, 1.807) is 14.2 Å². The molecule has 8 heteroatoms. The van der Waals surface area contributed by atoms with Crippen LogP contribution >= 0.6 is 23.4 Å². The average Bonchev–Trinajstić information content (AvgIpc) is 2.57. The summed E-state index contributed by atoms with van der Waals surface area (Å²) in [4.78, 5) is 13.4. The third-order valence-electron chi connectivity index (χ3n) is 3.27. The molecule has 0 saturated heterocycles. The maximum absolute atomic E-state index is 6.04. The van der Waals surface area contributed by atoms with Gasteiger partial charge in [0.2, 0.25) is 11.8 Å². The Morgan fingerprint density at radius 1 is 1.12 bits per heavy atom. The number of aryl methyl sites for hydroxylation is 1. The molecule has 0 radical (unpaired) electrons. The Morgan fingerprint density at radius 2 is 1.88 bits per heavy atom. The first kappa shape index (κ1) is 18.8. The molecule has 2 rings (SSSR count). The fourth-order valence-electron chi connectivity index (χ4n) is 2.22. The molecule has 2 heterocycles. The van der Waals surface area contributed by atoms with Crippen molar-refractivity contribution in [3.8, 4) is 11.8 Å². The molecule has 0 unspecified atom stereocenters. The smallest absolute Gasteiger partial charge is 0.247 e. The minimum absolute atomic E-state index is 0.519. The van der Waals surface area contributed by atoms with Crippen molar-refractivity contribution in [1.82, 2.24) is 20.3 Å². The lowest BCUT2D eigenvalue weighted by Gasteiger charge is -2.12. The zero-order valence-corrected chi connectivity index (χ0v) is 15.8. The number of thioether (sulfide) groups is 1. The Morgan fingerprint density at radius 3 is 2.50 bits per heavy atom. The van der Waals surface area contributed by atoms with Gasteiger partial charge in [0.25, 0.3) is 0 Å². The molecular weight excluding hydrogens is 348 g/mol. The van der Waals surface area contributed by atoms with E-state index < -0.39 is 0 Å². The largest absolute Gasteiger partial charge is 0.480 e. The molecule has 0 bridgehead atoms. The monoisotopic (exact) mass is 368 g/mol. The van der Waals surface area contributed by atoms with Crippen LogP contribution < -0.4 is 14.8 Å². The van der Waals surface area contributed by atoms with E-state index in [1.807, 2.05) is 25.3 Å². The van der Waals surface area contributed by atoms with Crippen LogP contribution in [0, 0.1) is 6.92 Å². The Labute approximate surface area is 151 Å². The van der Waals surface area contributed by atoms with Crippen LogP contribution in [0.1, 0.15) is 17.1 Å². The van der Waals surface area contributed by atoms with Crippen molar-refractivity contribution in [2.75, 3.05) is 27.0 Å². The van der Waals surface area contributed by atoms with Gasteiger partial charge in [0.05, 0.1) is 19.9 Å². The second-order valence-corrected chi connectivity index (χ2v) is 6.27. The van der Waals surface area contributed by atoms with E-state index in [0.717, 1.165) is 17.1 Å². The number of nitrogens with one attached hydrogen (secondary N) is 1. The van der Waals surface area contributed by atoms with Crippen LogP contribution in [0.2, 0.25) is 5.02 Å². The minimum Gasteiger partial charge on any atom is -0.480 e. The van der Waals surface area contributed by atoms with Crippen LogP contribution in [0.5, 0.6) is 11.8 Å². The third kappa shape index (κ3) is 4.96. The van der Waals surface area contributed by atoms with Gasteiger partial charge in [-0.1, -0.05) is 11.6 Å². The Kier molecular flexibility index (Phi) is 7.08. The zero-order chi connectivity index (χ0) is 17.5. The van der Waals surface area contributed by atoms with Gasteiger partial charge in [-0.05, 0) is 25.3 Å². The highest BCUT2D eigenvalue weighted by Crippen LogP contribution is 2.27. The maximum atomic E-state index is 6.04. The summed E-state index contributed by atoms with van der Waals surface area (Å²) in [6, 6.07) is 3.70. The molecule has 0 atom stereocenters. The van der Waals surface area contributed by atoms with E-state index in [-0.39, 0.29) is 0 Å². The zero-order valence-electron chi connectivity index (χ0n) is 14.2. The summed E-state index contributed by atoms with van der Waals surface area (Å²) in [5, 5.41) is 4.74. The summed E-state index contributed by atoms with van der Waals surface area (Å²) < 4.78 is 10.6. The van der Waals surface area contributed by atoms with Crippen LogP contribution in [-0.2, 0) is 13.0 Å². The molecule has 0 aromatic carbocycles. The van der Waals surface area contributed by atoms with E-state index in [0.29, 0.717) is 41.3 Å². The van der Waals surface area contributed by atoms with Gasteiger partial charge < -0.3 is 14.8 Å². The van der Waals surface area contributed by atoms with Crippen molar-refractivity contribution < 1.29 is 9.47 Å². The lowest BCUT2D eigenvalue weighted by molar-refractivity contribution is 0.354. The topological polar surface area (TPSA) is 69.2 Å². The molecule has 6 nitrogen and oxygen atoms in total. The SMILES string of the molecule is COc1nc(SC)c(OC)nc1CCNCc1cc(Cl)cc(C)n1. The van der Waals surface area contributed by atoms with Crippen molar-refractivity contribution in [3.63, 3.8) is 0 Å². The Balaban J connectivity index is 1.98. The van der Waals surface area contributed by atoms with Crippen LogP contribution in [0.4, 0.5) is 0 Å². The molecule has 130 valence electrons. The fourth-order valence-corrected chi connectivity index (χ4v) is 2.98. The van der Waals surface area contributed by atoms with Crippen LogP contribution in [0.15, 0.2) is 17.2 Å². The first-order valence-corrected chi connectivity index (χ1v) is 9.04. The second kappa shape index (κ2) is 9.05. The molecule has 0 saturated carbocycles. The van der Waals surface area contributed by atoms with Crippen molar-refractivity contribution >= 4 is 23.4 Å². The number of hydrogen-bond acceptors (Lipinski definition) is 7. The van der Waals surface area contributed by atoms with Gasteiger partial charge in [0.15, 0.2) is 5.03 Å². The Bertz CT molecular complexity index is 680. The quantitative estimate of drug-likeness (QED) is 0.567. The first-order chi connectivity index (χ1) is 11.6. The summed E-state index contributed by atoms with van der Waals surface area (Å²) in [5.41, 5.74) is 2.58. The van der Waals surface area contributed by atoms with Gasteiger partial charge in [0, 0.05) is 30.2 Å². The van der Waals surface area contributed by atoms with Gasteiger partial charge in [-0.2, -0.15) is 4.98 Å². The molecule has 2 aromatic heterocycles. The second-order valence-electron chi connectivity index (χ2n) is 5.04. The third-order valence-corrected chi connectivity index (χ3v) is 4.14. The van der Waals surface area contributed by atoms with E-state index >= 15 is 0 Å². The van der Waals surface area contributed by atoms with Gasteiger partial charge in [-0.15, -0.1) is 11.8 Å². The highest BCUT2D eigenvalue weighted by atomic mass is 35.5. The average molecular weight is 369 g/mol. The highest BCUT2D eigenvalue weighted by Gasteiger charge is 2.14. The maximum Gasteiger partial charge on any atom is 0.247 e. The molecule has 1 N–H and O–H groups in total. The van der Waals surface area contributed by atoms with Crippen molar-refractivity contribution in [3.05, 3.63) is 34.2 Å². The lowest BCUT2D eigenvalue weighted by atomic mass is 10.3. The van der Waals surface area contributed by atoms with Gasteiger partial charge in [-0.3, -0.25) is 4.98 Å². The molecule has 0 aliphatic heterocycles. The number of aromatic nitrogens is 3. The normalized spacial score (nSPS) is 10.7. The molecule has 2 aromatic rings. The summed E-state index contributed by atoms with van der Waals surface area (Å²) in [6.45, 7) is 3.27. The van der Waals surface area contributed by atoms with Gasteiger partial charge >= 0.3 is 0 Å². The predicted molar refractivity (Wildman–Crippen MR) is 96.3 cm³/mol. The van der Waals surface area contributed by atoms with Gasteiger partial charge in [0.1, 0.15) is 5.69 Å². The Hall–Kier alpha value is -1.57. The molecule has 0 aliphatic rings. The van der Waals surface area contributed by atoms with E-state index in [9.17, 15) is 0 Å². The van der Waals surface area contributed by atoms with Crippen molar-refractivity contribution in [1.29, 1.82) is 0 Å². The van der Waals surface area contributed by atoms with Crippen LogP contribution in [-0.4, -0.2) is 42.0 Å². The highest BCUT2D eigenvalue weighted by molar-refractivity contribution is 7.98. The van der Waals surface area contributed by atoms with Crippen molar-refractivity contribution in [2.24, 2.45) is 0 Å². The first-order valence-electron chi connectivity index (χ1n) is 7.44. The van der Waals surface area contributed by atoms with Crippen molar-refractivity contribution in [2.45, 2.75) is 24.9 Å². The van der Waals surface area contributed by atoms with Crippen LogP contribution in [0.3, 0.4) is 0 Å². The standard InChI is InChI=1S/C16H21ClN4O2S/c1-10-7-11(17)8-12(19-10)9-18-6-5-13-14(22-2)21-16(24-4)15(20-13)23-3/h7-8,18H,5-6,9H2,1-4H3. The predicted octanol–water partition coefficient (Wildman–Crippen LogP) is 2.90. The summed E-state index contributed by atoms with van der Waals surface area (Å²) in [7, 11) is 3.18. The molecule has 0 aliphatic carbocycles. The van der Waals surface area contributed by atoms with E-state index in [2.05, 4.69) is 20.3 Å². The van der Waals surface area contributed by atoms with Gasteiger partial charge in [-0.25, -0.2) is 4.98 Å². The molecule has 0 fully saturated rings. The van der Waals surface area contributed by atoms with E-state index in [4.69, 9.17) is 21.1 Å². The summed E-state index contributed by atoms with van der Waals surface area (Å²) in [5.74, 6) is 1.05. The molecule has 24 heavy (non-hydrogen) atoms. The number of methoxy groups -OCH3 is 2. The lowest BCUT2D eigenvalue weighted by Crippen LogP contribution is -2.19. The minimum atomic E-state index is 0.519. The number of rotatable bonds is 8. The summed E-state index contributed by atoms with van der Waals surface area (Å²) in [6.07, 6.45) is 2.59. The molecule has 0 spiro atoms. The number of pyridine rings is 1. The number of halogens is 1. The van der Waals surface area contributed by atoms with Crippen LogP contribution in [0.25, 0.3) is 0 Å². The fraction of sp³-hybridized carbons (Fsp3) is 0.438. The number of nitrogens with zero attached hydrogens (tertiary/aromatic N) is 3. The summed E-state index contributed by atoms with van der Waals surface area (Å²) >= 11 is 7.51. The molecular formula is C16H21ClN4O2S.